The molecule has 0 bridgehead atoms. The Hall–Kier alpha value is -2.74. The molecule has 0 fully saturated rings. The van der Waals surface area contributed by atoms with Gasteiger partial charge in [0, 0.05) is 11.6 Å². The summed E-state index contributed by atoms with van der Waals surface area (Å²) in [5.74, 6) is -0.372. The van der Waals surface area contributed by atoms with Crippen molar-refractivity contribution in [1.29, 1.82) is 0 Å². The quantitative estimate of drug-likeness (QED) is 0.511. The number of rotatable bonds is 4. The van der Waals surface area contributed by atoms with Gasteiger partial charge in [0.05, 0.1) is 16.0 Å². The van der Waals surface area contributed by atoms with Gasteiger partial charge in [-0.2, -0.15) is 5.10 Å². The number of nitrogens with one attached hydrogen (secondary N) is 1. The van der Waals surface area contributed by atoms with Gasteiger partial charge in [0.25, 0.3) is 5.91 Å². The third-order valence-electron chi connectivity index (χ3n) is 2.28. The number of benzene rings is 1. The first-order chi connectivity index (χ1) is 9.56. The number of carbonyl (C=O) groups excluding carboxylic acids is 1. The second-order valence-corrected chi connectivity index (χ2v) is 4.77. The summed E-state index contributed by atoms with van der Waals surface area (Å²) in [5.41, 5.74) is 2.64. The summed E-state index contributed by atoms with van der Waals surface area (Å²) in [5, 5.41) is 23.3. The fourth-order valence-corrected chi connectivity index (χ4v) is 2.04. The molecule has 0 aliphatic rings. The van der Waals surface area contributed by atoms with Crippen LogP contribution in [0, 0.1) is 10.1 Å². The minimum Gasteiger partial charge on any atom is -0.508 e. The van der Waals surface area contributed by atoms with Gasteiger partial charge in [-0.25, -0.2) is 5.43 Å². The number of aromatic hydroxyl groups is 1. The summed E-state index contributed by atoms with van der Waals surface area (Å²) >= 11 is 0.958. The van der Waals surface area contributed by atoms with E-state index >= 15 is 0 Å². The molecule has 20 heavy (non-hydrogen) atoms. The zero-order valence-corrected chi connectivity index (χ0v) is 10.8. The van der Waals surface area contributed by atoms with E-state index in [-0.39, 0.29) is 10.8 Å². The number of nitro groups is 1. The number of nitrogens with zero attached hydrogens (tertiary/aromatic N) is 2. The van der Waals surface area contributed by atoms with Crippen molar-refractivity contribution < 1.29 is 14.8 Å². The summed E-state index contributed by atoms with van der Waals surface area (Å²) in [7, 11) is 0. The molecule has 0 atom stereocenters. The van der Waals surface area contributed by atoms with Crippen molar-refractivity contribution in [2.24, 2.45) is 5.10 Å². The highest BCUT2D eigenvalue weighted by atomic mass is 32.1. The Morgan fingerprint density at radius 3 is 2.60 bits per heavy atom. The highest BCUT2D eigenvalue weighted by Gasteiger charge is 2.08. The van der Waals surface area contributed by atoms with Gasteiger partial charge < -0.3 is 5.11 Å². The van der Waals surface area contributed by atoms with Crippen molar-refractivity contribution >= 4 is 28.5 Å². The zero-order chi connectivity index (χ0) is 14.5. The number of phenolic OH excluding ortho intramolecular Hbond substituents is 1. The van der Waals surface area contributed by atoms with Crippen molar-refractivity contribution in [1.82, 2.24) is 5.43 Å². The summed E-state index contributed by atoms with van der Waals surface area (Å²) in [6.45, 7) is 0. The van der Waals surface area contributed by atoms with Gasteiger partial charge in [0.2, 0.25) is 0 Å². The number of hydrazone groups is 1. The number of hydrogen-bond acceptors (Lipinski definition) is 6. The van der Waals surface area contributed by atoms with E-state index < -0.39 is 10.8 Å². The molecule has 1 aromatic carbocycles. The standard InChI is InChI=1S/C12H9N3O4S/c16-9-3-1-8(2-4-9)12(17)14-13-7-10-5-6-11(20-10)15(18)19/h1-7,16H,(H,14,17)/b13-7+. The van der Waals surface area contributed by atoms with E-state index in [1.54, 1.807) is 6.07 Å². The Morgan fingerprint density at radius 2 is 2.00 bits per heavy atom. The average Bonchev–Trinajstić information content (AvgIpc) is 2.88. The Morgan fingerprint density at radius 1 is 1.30 bits per heavy atom. The normalized spacial score (nSPS) is 10.6. The molecular formula is C12H9N3O4S. The van der Waals surface area contributed by atoms with Crippen LogP contribution >= 0.6 is 11.3 Å². The van der Waals surface area contributed by atoms with Gasteiger partial charge in [0.15, 0.2) is 0 Å². The van der Waals surface area contributed by atoms with Gasteiger partial charge >= 0.3 is 5.00 Å². The van der Waals surface area contributed by atoms with Crippen LogP contribution in [-0.4, -0.2) is 22.2 Å². The van der Waals surface area contributed by atoms with Crippen LogP contribution in [0.5, 0.6) is 5.75 Å². The molecule has 1 amide bonds. The molecule has 1 heterocycles. The number of hydrogen-bond donors (Lipinski definition) is 2. The molecule has 0 unspecified atom stereocenters. The minimum atomic E-state index is -0.489. The molecule has 2 aromatic rings. The molecule has 102 valence electrons. The molecule has 0 saturated heterocycles. The van der Waals surface area contributed by atoms with E-state index in [1.165, 1.54) is 36.5 Å². The maximum absolute atomic E-state index is 11.6. The lowest BCUT2D eigenvalue weighted by Crippen LogP contribution is -2.17. The van der Waals surface area contributed by atoms with E-state index in [1.807, 2.05) is 0 Å². The number of thiophene rings is 1. The maximum Gasteiger partial charge on any atom is 0.324 e. The van der Waals surface area contributed by atoms with Crippen LogP contribution in [0.25, 0.3) is 0 Å². The second kappa shape index (κ2) is 5.93. The molecule has 0 aliphatic heterocycles. The molecule has 0 spiro atoms. The van der Waals surface area contributed by atoms with Crippen LogP contribution < -0.4 is 5.43 Å². The Labute approximate surface area is 117 Å². The highest BCUT2D eigenvalue weighted by molar-refractivity contribution is 7.16. The molecule has 2 N–H and O–H groups in total. The number of phenols is 1. The first kappa shape index (κ1) is 13.7. The SMILES string of the molecule is O=C(N/N=C/c1ccc([N+](=O)[O-])s1)c1ccc(O)cc1. The fourth-order valence-electron chi connectivity index (χ4n) is 1.34. The topological polar surface area (TPSA) is 105 Å². The summed E-state index contributed by atoms with van der Waals surface area (Å²) in [6, 6.07) is 8.60. The Bertz CT molecular complexity index is 664. The molecule has 8 heteroatoms. The van der Waals surface area contributed by atoms with E-state index in [0.29, 0.717) is 10.4 Å². The molecule has 0 saturated carbocycles. The average molecular weight is 291 g/mol. The Kier molecular flexibility index (Phi) is 4.06. The van der Waals surface area contributed by atoms with Crippen LogP contribution in [0.2, 0.25) is 0 Å². The molecule has 2 rings (SSSR count). The molecular weight excluding hydrogens is 282 g/mol. The molecule has 1 aromatic heterocycles. The van der Waals surface area contributed by atoms with Crippen molar-refractivity contribution in [2.75, 3.05) is 0 Å². The van der Waals surface area contributed by atoms with E-state index in [2.05, 4.69) is 10.5 Å². The fraction of sp³-hybridized carbons (Fsp3) is 0. The summed E-state index contributed by atoms with van der Waals surface area (Å²) in [4.78, 5) is 22.2. The Balaban J connectivity index is 1.97. The largest absolute Gasteiger partial charge is 0.508 e. The molecule has 7 nitrogen and oxygen atoms in total. The second-order valence-electron chi connectivity index (χ2n) is 3.68. The van der Waals surface area contributed by atoms with Crippen molar-refractivity contribution in [3.8, 4) is 5.75 Å². The maximum atomic E-state index is 11.6. The van der Waals surface area contributed by atoms with E-state index in [0.717, 1.165) is 11.3 Å². The third-order valence-corrected chi connectivity index (χ3v) is 3.25. The monoisotopic (exact) mass is 291 g/mol. The lowest BCUT2D eigenvalue weighted by molar-refractivity contribution is -0.380. The van der Waals surface area contributed by atoms with Crippen LogP contribution in [0.15, 0.2) is 41.5 Å². The highest BCUT2D eigenvalue weighted by Crippen LogP contribution is 2.22. The first-order valence-corrected chi connectivity index (χ1v) is 6.24. The number of amides is 1. The summed E-state index contributed by atoms with van der Waals surface area (Å²) < 4.78 is 0. The molecule has 0 aliphatic carbocycles. The predicted molar refractivity (Wildman–Crippen MR) is 74.1 cm³/mol. The van der Waals surface area contributed by atoms with Crippen LogP contribution in [0.3, 0.4) is 0 Å². The van der Waals surface area contributed by atoms with Gasteiger partial charge in [-0.1, -0.05) is 11.3 Å². The van der Waals surface area contributed by atoms with Crippen LogP contribution in [0.1, 0.15) is 15.2 Å². The van der Waals surface area contributed by atoms with Crippen LogP contribution in [0.4, 0.5) is 5.00 Å². The van der Waals surface area contributed by atoms with Gasteiger partial charge in [0.1, 0.15) is 5.75 Å². The smallest absolute Gasteiger partial charge is 0.324 e. The van der Waals surface area contributed by atoms with Crippen molar-refractivity contribution in [3.05, 3.63) is 57.0 Å². The van der Waals surface area contributed by atoms with Crippen LogP contribution in [-0.2, 0) is 0 Å². The molecule has 0 radical (unpaired) electrons. The van der Waals surface area contributed by atoms with E-state index in [9.17, 15) is 14.9 Å². The first-order valence-electron chi connectivity index (χ1n) is 5.43. The lowest BCUT2D eigenvalue weighted by Gasteiger charge is -1.99. The van der Waals surface area contributed by atoms with E-state index in [4.69, 9.17) is 5.11 Å². The van der Waals surface area contributed by atoms with Gasteiger partial charge in [-0.3, -0.25) is 14.9 Å². The van der Waals surface area contributed by atoms with Gasteiger partial charge in [-0.05, 0) is 30.3 Å². The lowest BCUT2D eigenvalue weighted by atomic mass is 10.2. The summed E-state index contributed by atoms with van der Waals surface area (Å²) in [6.07, 6.45) is 1.33. The number of carbonyl (C=O) groups is 1. The minimum absolute atomic E-state index is 0.0105. The van der Waals surface area contributed by atoms with Crippen molar-refractivity contribution in [3.63, 3.8) is 0 Å². The zero-order valence-electron chi connectivity index (χ0n) is 10.0. The van der Waals surface area contributed by atoms with Gasteiger partial charge in [-0.15, -0.1) is 0 Å². The predicted octanol–water partition coefficient (Wildman–Crippen LogP) is 2.13. The van der Waals surface area contributed by atoms with Crippen molar-refractivity contribution in [2.45, 2.75) is 0 Å². The third kappa shape index (κ3) is 3.39.